The summed E-state index contributed by atoms with van der Waals surface area (Å²) < 4.78 is 24.2. The van der Waals surface area contributed by atoms with Crippen molar-refractivity contribution in [1.82, 2.24) is 29.8 Å². The molecular weight excluding hydrogens is 485 g/mol. The van der Waals surface area contributed by atoms with Crippen molar-refractivity contribution in [1.29, 1.82) is 0 Å². The number of aromatic nitrogens is 5. The molecule has 2 atom stereocenters. The molecule has 7 rings (SSSR count). The molecule has 2 aromatic carbocycles. The smallest absolute Gasteiger partial charge is 0.319 e. The number of nitrogens with one attached hydrogen (secondary N) is 1. The summed E-state index contributed by atoms with van der Waals surface area (Å²) in [6.07, 6.45) is 7.37. The number of halogens is 1. The standard InChI is InChI=1S/C28H26FN7O2/c1-35-9-8-30-23(35)15-38-28-33-26-22(27(34-28)36-13-17-6-7-18(14-36)32-17)12-31-25(24(26)29)21-11-19(37)10-16-4-2-3-5-20(16)21/h2-5,8-12,17-18,32,37H,6-7,13-15H2,1H3/t17-,18+. The summed E-state index contributed by atoms with van der Waals surface area (Å²) in [5.74, 6) is 0.778. The summed E-state index contributed by atoms with van der Waals surface area (Å²) >= 11 is 0. The van der Waals surface area contributed by atoms with Crippen LogP contribution in [-0.2, 0) is 13.7 Å². The Bertz CT molecular complexity index is 1680. The summed E-state index contributed by atoms with van der Waals surface area (Å²) in [7, 11) is 1.88. The summed E-state index contributed by atoms with van der Waals surface area (Å²) in [6, 6.07) is 11.5. The van der Waals surface area contributed by atoms with Crippen LogP contribution in [0.4, 0.5) is 10.2 Å². The van der Waals surface area contributed by atoms with Crippen LogP contribution >= 0.6 is 0 Å². The van der Waals surface area contributed by atoms with Gasteiger partial charge in [0, 0.05) is 56.4 Å². The Kier molecular flexibility index (Phi) is 5.36. The van der Waals surface area contributed by atoms with Crippen LogP contribution in [0.15, 0.2) is 55.0 Å². The van der Waals surface area contributed by atoms with Crippen LogP contribution in [0.2, 0.25) is 0 Å². The maximum atomic E-state index is 16.3. The van der Waals surface area contributed by atoms with E-state index in [1.54, 1.807) is 18.5 Å². The molecule has 0 saturated carbocycles. The van der Waals surface area contributed by atoms with Gasteiger partial charge >= 0.3 is 6.01 Å². The molecule has 2 aliphatic heterocycles. The highest BCUT2D eigenvalue weighted by Gasteiger charge is 2.34. The molecule has 0 radical (unpaired) electrons. The minimum Gasteiger partial charge on any atom is -0.508 e. The maximum Gasteiger partial charge on any atom is 0.319 e. The molecule has 10 heteroatoms. The van der Waals surface area contributed by atoms with Crippen LogP contribution in [0.5, 0.6) is 11.8 Å². The van der Waals surface area contributed by atoms with Crippen molar-refractivity contribution >= 4 is 27.5 Å². The summed E-state index contributed by atoms with van der Waals surface area (Å²) in [6.45, 7) is 1.68. The van der Waals surface area contributed by atoms with Crippen LogP contribution < -0.4 is 15.0 Å². The molecule has 0 spiro atoms. The first-order chi connectivity index (χ1) is 18.5. The molecule has 3 aromatic heterocycles. The number of ether oxygens (including phenoxy) is 1. The van der Waals surface area contributed by atoms with E-state index in [9.17, 15) is 5.11 Å². The van der Waals surface area contributed by atoms with Crippen LogP contribution in [0.3, 0.4) is 0 Å². The SMILES string of the molecule is Cn1ccnc1COc1nc(N2C[C@H]3CC[C@@H](C2)N3)c2cnc(-c3cc(O)cc4ccccc34)c(F)c2n1. The average Bonchev–Trinajstić information content (AvgIpc) is 3.50. The highest BCUT2D eigenvalue weighted by molar-refractivity contribution is 5.99. The van der Waals surface area contributed by atoms with Crippen molar-refractivity contribution in [2.75, 3.05) is 18.0 Å². The molecular formula is C28H26FN7O2. The Labute approximate surface area is 217 Å². The normalized spacial score (nSPS) is 18.9. The highest BCUT2D eigenvalue weighted by atomic mass is 19.1. The van der Waals surface area contributed by atoms with Crippen LogP contribution in [0, 0.1) is 5.82 Å². The molecule has 2 N–H and O–H groups in total. The highest BCUT2D eigenvalue weighted by Crippen LogP contribution is 2.37. The van der Waals surface area contributed by atoms with Gasteiger partial charge in [0.1, 0.15) is 35.2 Å². The van der Waals surface area contributed by atoms with E-state index in [1.165, 1.54) is 6.07 Å². The summed E-state index contributed by atoms with van der Waals surface area (Å²) in [4.78, 5) is 20.3. The first-order valence-electron chi connectivity index (χ1n) is 12.7. The van der Waals surface area contributed by atoms with Gasteiger partial charge in [0.15, 0.2) is 5.82 Å². The number of pyridine rings is 1. The van der Waals surface area contributed by atoms with Crippen molar-refractivity contribution in [3.05, 3.63) is 66.6 Å². The predicted octanol–water partition coefficient (Wildman–Crippen LogP) is 3.94. The van der Waals surface area contributed by atoms with E-state index in [1.807, 2.05) is 42.1 Å². The number of benzene rings is 2. The lowest BCUT2D eigenvalue weighted by molar-refractivity contribution is 0.269. The largest absolute Gasteiger partial charge is 0.508 e. The van der Waals surface area contributed by atoms with Crippen molar-refractivity contribution in [2.45, 2.75) is 31.5 Å². The van der Waals surface area contributed by atoms with E-state index < -0.39 is 5.82 Å². The van der Waals surface area contributed by atoms with Crippen molar-refractivity contribution < 1.29 is 14.2 Å². The van der Waals surface area contributed by atoms with E-state index in [4.69, 9.17) is 9.72 Å². The molecule has 2 aliphatic rings. The average molecular weight is 512 g/mol. The summed E-state index contributed by atoms with van der Waals surface area (Å²) in [5.41, 5.74) is 0.744. The number of imidazole rings is 1. The zero-order valence-corrected chi connectivity index (χ0v) is 20.8. The van der Waals surface area contributed by atoms with Gasteiger partial charge in [-0.25, -0.2) is 9.37 Å². The maximum absolute atomic E-state index is 16.3. The van der Waals surface area contributed by atoms with E-state index in [2.05, 4.69) is 25.2 Å². The third-order valence-corrected chi connectivity index (χ3v) is 7.51. The van der Waals surface area contributed by atoms with E-state index >= 15 is 4.39 Å². The number of fused-ring (bicyclic) bond motifs is 4. The molecule has 0 unspecified atom stereocenters. The first kappa shape index (κ1) is 22.9. The quantitative estimate of drug-likeness (QED) is 0.366. The van der Waals surface area contributed by atoms with Gasteiger partial charge in [-0.2, -0.15) is 9.97 Å². The Morgan fingerprint density at radius 1 is 1.08 bits per heavy atom. The van der Waals surface area contributed by atoms with E-state index in [0.29, 0.717) is 34.7 Å². The number of anilines is 1. The molecule has 0 amide bonds. The number of aromatic hydroxyl groups is 1. The Hall–Kier alpha value is -4.31. The number of phenols is 1. The van der Waals surface area contributed by atoms with Gasteiger partial charge < -0.3 is 24.6 Å². The second-order valence-corrected chi connectivity index (χ2v) is 10.0. The zero-order valence-electron chi connectivity index (χ0n) is 20.8. The molecule has 9 nitrogen and oxygen atoms in total. The number of nitrogens with zero attached hydrogens (tertiary/aromatic N) is 6. The van der Waals surface area contributed by atoms with Gasteiger partial charge in [-0.3, -0.25) is 4.98 Å². The molecule has 2 bridgehead atoms. The van der Waals surface area contributed by atoms with E-state index in [0.717, 1.165) is 36.7 Å². The number of phenolic OH excluding ortho intramolecular Hbond substituents is 1. The van der Waals surface area contributed by atoms with Crippen molar-refractivity contribution in [2.24, 2.45) is 7.05 Å². The minimum absolute atomic E-state index is 0.0405. The zero-order chi connectivity index (χ0) is 25.8. The third kappa shape index (κ3) is 3.88. The third-order valence-electron chi connectivity index (χ3n) is 7.51. The Balaban J connectivity index is 1.38. The molecule has 2 fully saturated rings. The predicted molar refractivity (Wildman–Crippen MR) is 142 cm³/mol. The lowest BCUT2D eigenvalue weighted by atomic mass is 10.0. The van der Waals surface area contributed by atoms with Gasteiger partial charge in [0.2, 0.25) is 0 Å². The first-order valence-corrected chi connectivity index (χ1v) is 12.7. The van der Waals surface area contributed by atoms with Gasteiger partial charge in [0.25, 0.3) is 0 Å². The fourth-order valence-electron chi connectivity index (χ4n) is 5.64. The van der Waals surface area contributed by atoms with Crippen molar-refractivity contribution in [3.63, 3.8) is 0 Å². The number of hydrogen-bond donors (Lipinski definition) is 2. The lowest BCUT2D eigenvalue weighted by Gasteiger charge is -2.34. The lowest BCUT2D eigenvalue weighted by Crippen LogP contribution is -2.51. The molecule has 5 aromatic rings. The molecule has 2 saturated heterocycles. The molecule has 5 heterocycles. The number of hydrogen-bond acceptors (Lipinski definition) is 8. The Morgan fingerprint density at radius 2 is 1.89 bits per heavy atom. The van der Waals surface area contributed by atoms with Crippen LogP contribution in [-0.4, -0.2) is 54.8 Å². The van der Waals surface area contributed by atoms with Gasteiger partial charge in [-0.15, -0.1) is 0 Å². The number of rotatable bonds is 5. The fourth-order valence-corrected chi connectivity index (χ4v) is 5.64. The van der Waals surface area contributed by atoms with Gasteiger partial charge in [-0.1, -0.05) is 24.3 Å². The monoisotopic (exact) mass is 511 g/mol. The van der Waals surface area contributed by atoms with E-state index in [-0.39, 0.29) is 29.6 Å². The van der Waals surface area contributed by atoms with Gasteiger partial charge in [0.05, 0.1) is 5.39 Å². The molecule has 0 aliphatic carbocycles. The Morgan fingerprint density at radius 3 is 2.68 bits per heavy atom. The van der Waals surface area contributed by atoms with Crippen molar-refractivity contribution in [3.8, 4) is 23.0 Å². The second kappa shape index (κ2) is 8.91. The molecule has 192 valence electrons. The minimum atomic E-state index is -0.582. The topological polar surface area (TPSA) is 101 Å². The van der Waals surface area contributed by atoms with Crippen LogP contribution in [0.25, 0.3) is 32.9 Å². The molecule has 38 heavy (non-hydrogen) atoms. The van der Waals surface area contributed by atoms with Crippen LogP contribution in [0.1, 0.15) is 18.7 Å². The second-order valence-electron chi connectivity index (χ2n) is 10.0. The summed E-state index contributed by atoms with van der Waals surface area (Å²) in [5, 5.41) is 16.1. The number of piperazine rings is 1. The fraction of sp³-hybridized carbons (Fsp3) is 0.286. The number of aryl methyl sites for hydroxylation is 1. The van der Waals surface area contributed by atoms with Gasteiger partial charge in [-0.05, 0) is 35.7 Å².